The maximum Gasteiger partial charge on any atom is 0.293 e. The van der Waals surface area contributed by atoms with E-state index in [2.05, 4.69) is 10.3 Å². The van der Waals surface area contributed by atoms with Crippen LogP contribution in [0, 0.1) is 26.2 Å². The van der Waals surface area contributed by atoms with Crippen molar-refractivity contribution >= 4 is 28.2 Å². The number of anilines is 1. The molecule has 0 aliphatic heterocycles. The smallest absolute Gasteiger partial charge is 0.293 e. The number of hydrogen-bond donors (Lipinski definition) is 1. The zero-order valence-electron chi connectivity index (χ0n) is 14.0. The molecule has 2 heterocycles. The van der Waals surface area contributed by atoms with Gasteiger partial charge in [-0.2, -0.15) is 0 Å². The fraction of sp³-hybridized carbons (Fsp3) is 0.471. The molecule has 6 heteroatoms. The number of hydrogen-bond acceptors (Lipinski definition) is 5. The summed E-state index contributed by atoms with van der Waals surface area (Å²) in [6, 6.07) is 0. The highest BCUT2D eigenvalue weighted by Gasteiger charge is 2.37. The van der Waals surface area contributed by atoms with Crippen molar-refractivity contribution in [3.63, 3.8) is 0 Å². The summed E-state index contributed by atoms with van der Waals surface area (Å²) in [5.74, 6) is 0.542. The highest BCUT2D eigenvalue weighted by molar-refractivity contribution is 7.15. The predicted molar refractivity (Wildman–Crippen MR) is 89.4 cm³/mol. The van der Waals surface area contributed by atoms with Gasteiger partial charge >= 0.3 is 0 Å². The Morgan fingerprint density at radius 2 is 1.96 bits per heavy atom. The van der Waals surface area contributed by atoms with E-state index in [1.54, 1.807) is 6.92 Å². The molecule has 0 bridgehead atoms. The van der Waals surface area contributed by atoms with Crippen LogP contribution in [-0.4, -0.2) is 16.7 Å². The van der Waals surface area contributed by atoms with Crippen LogP contribution >= 0.6 is 11.3 Å². The first-order valence-corrected chi connectivity index (χ1v) is 8.40. The lowest BCUT2D eigenvalue weighted by atomic mass is 9.76. The molecule has 0 saturated heterocycles. The molecule has 0 unspecified atom stereocenters. The summed E-state index contributed by atoms with van der Waals surface area (Å²) in [4.78, 5) is 30.2. The van der Waals surface area contributed by atoms with E-state index in [1.807, 2.05) is 27.7 Å². The van der Waals surface area contributed by atoms with Gasteiger partial charge in [-0.05, 0) is 26.2 Å². The Morgan fingerprint density at radius 1 is 1.26 bits per heavy atom. The van der Waals surface area contributed by atoms with Crippen molar-refractivity contribution < 1.29 is 14.0 Å². The molecule has 23 heavy (non-hydrogen) atoms. The third-order valence-corrected chi connectivity index (χ3v) is 5.22. The second-order valence-electron chi connectivity index (χ2n) is 6.91. The van der Waals surface area contributed by atoms with Gasteiger partial charge in [0.25, 0.3) is 5.91 Å². The van der Waals surface area contributed by atoms with Crippen molar-refractivity contribution in [2.24, 2.45) is 5.41 Å². The molecule has 3 rings (SSSR count). The number of carbonyl (C=O) groups excluding carboxylic acids is 2. The van der Waals surface area contributed by atoms with Crippen LogP contribution in [-0.2, 0) is 6.42 Å². The van der Waals surface area contributed by atoms with Crippen molar-refractivity contribution in [3.05, 3.63) is 33.2 Å². The quantitative estimate of drug-likeness (QED) is 0.900. The van der Waals surface area contributed by atoms with Gasteiger partial charge in [0.2, 0.25) is 0 Å². The lowest BCUT2D eigenvalue weighted by molar-refractivity contribution is 0.0898. The molecule has 5 nitrogen and oxygen atoms in total. The molecule has 0 spiro atoms. The first kappa shape index (κ1) is 15.9. The van der Waals surface area contributed by atoms with Crippen molar-refractivity contribution in [1.29, 1.82) is 0 Å². The van der Waals surface area contributed by atoms with E-state index in [1.165, 1.54) is 11.3 Å². The highest BCUT2D eigenvalue weighted by atomic mass is 32.1. The lowest BCUT2D eigenvalue weighted by Crippen LogP contribution is -2.26. The van der Waals surface area contributed by atoms with E-state index in [0.29, 0.717) is 34.9 Å². The highest BCUT2D eigenvalue weighted by Crippen LogP contribution is 2.38. The minimum atomic E-state index is -0.351. The molecular weight excluding hydrogens is 312 g/mol. The van der Waals surface area contributed by atoms with Crippen LogP contribution in [0.15, 0.2) is 4.42 Å². The number of nitrogens with zero attached hydrogens (tertiary/aromatic N) is 1. The third kappa shape index (κ3) is 2.83. The van der Waals surface area contributed by atoms with Crippen LogP contribution in [0.5, 0.6) is 0 Å². The molecule has 1 aliphatic carbocycles. The number of thiazole rings is 1. The van der Waals surface area contributed by atoms with E-state index >= 15 is 0 Å². The van der Waals surface area contributed by atoms with Crippen molar-refractivity contribution in [2.75, 3.05) is 5.32 Å². The number of ketones is 1. The molecule has 0 radical (unpaired) electrons. The van der Waals surface area contributed by atoms with Gasteiger partial charge in [-0.3, -0.25) is 14.9 Å². The summed E-state index contributed by atoms with van der Waals surface area (Å²) >= 11 is 1.43. The van der Waals surface area contributed by atoms with E-state index < -0.39 is 0 Å². The maximum atomic E-state index is 12.5. The van der Waals surface area contributed by atoms with Gasteiger partial charge in [-0.1, -0.05) is 13.8 Å². The van der Waals surface area contributed by atoms with Crippen LogP contribution in [0.2, 0.25) is 0 Å². The number of rotatable bonds is 2. The molecule has 0 aromatic carbocycles. The number of carbonyl (C=O) groups is 2. The van der Waals surface area contributed by atoms with Gasteiger partial charge in [0, 0.05) is 23.3 Å². The lowest BCUT2D eigenvalue weighted by Gasteiger charge is -2.27. The third-order valence-electron chi connectivity index (χ3n) is 4.23. The Morgan fingerprint density at radius 3 is 2.57 bits per heavy atom. The van der Waals surface area contributed by atoms with Crippen LogP contribution < -0.4 is 5.32 Å². The summed E-state index contributed by atoms with van der Waals surface area (Å²) in [6.45, 7) is 9.70. The monoisotopic (exact) mass is 332 g/mol. The van der Waals surface area contributed by atoms with E-state index in [-0.39, 0.29) is 22.9 Å². The van der Waals surface area contributed by atoms with Crippen molar-refractivity contribution in [3.8, 4) is 0 Å². The number of furan rings is 1. The minimum Gasteiger partial charge on any atom is -0.455 e. The normalized spacial score (nSPS) is 16.3. The SMILES string of the molecule is Cc1nc(NC(=O)c2oc3c(c2C)C(=O)CC(C)(C)C3)sc1C. The molecule has 0 fully saturated rings. The average molecular weight is 332 g/mol. The maximum absolute atomic E-state index is 12.5. The molecule has 0 atom stereocenters. The fourth-order valence-corrected chi connectivity index (χ4v) is 3.79. The molecule has 1 N–H and O–H groups in total. The molecule has 1 aliphatic rings. The molecule has 0 saturated carbocycles. The Kier molecular flexibility index (Phi) is 3.67. The van der Waals surface area contributed by atoms with Crippen LogP contribution in [0.4, 0.5) is 5.13 Å². The Hall–Kier alpha value is -1.95. The summed E-state index contributed by atoms with van der Waals surface area (Å²) in [5.41, 5.74) is 1.98. The van der Waals surface area contributed by atoms with Crippen LogP contribution in [0.3, 0.4) is 0 Å². The number of nitrogens with one attached hydrogen (secondary N) is 1. The molecule has 1 amide bonds. The molecule has 122 valence electrons. The molecule has 2 aromatic heterocycles. The van der Waals surface area contributed by atoms with Crippen LogP contribution in [0.25, 0.3) is 0 Å². The first-order chi connectivity index (χ1) is 10.7. The standard InChI is InChI=1S/C17H20N2O3S/c1-8-13-11(20)6-17(4,5)7-12(13)22-14(8)15(21)19-16-18-9(2)10(3)23-16/h6-7H2,1-5H3,(H,18,19,21). The van der Waals surface area contributed by atoms with Gasteiger partial charge in [-0.15, -0.1) is 11.3 Å². The molecular formula is C17H20N2O3S. The zero-order valence-corrected chi connectivity index (χ0v) is 14.8. The summed E-state index contributed by atoms with van der Waals surface area (Å²) in [6.07, 6.45) is 1.14. The second-order valence-corrected chi connectivity index (χ2v) is 8.11. The fourth-order valence-electron chi connectivity index (χ4n) is 2.98. The summed E-state index contributed by atoms with van der Waals surface area (Å²) in [7, 11) is 0. The van der Waals surface area contributed by atoms with Crippen molar-refractivity contribution in [1.82, 2.24) is 4.98 Å². The van der Waals surface area contributed by atoms with Gasteiger partial charge in [0.15, 0.2) is 16.7 Å². The topological polar surface area (TPSA) is 72.2 Å². The average Bonchev–Trinajstić information content (AvgIpc) is 2.89. The van der Waals surface area contributed by atoms with Gasteiger partial charge in [0.1, 0.15) is 5.76 Å². The summed E-state index contributed by atoms with van der Waals surface area (Å²) in [5, 5.41) is 3.32. The largest absolute Gasteiger partial charge is 0.455 e. The van der Waals surface area contributed by atoms with Crippen LogP contribution in [0.1, 0.15) is 63.1 Å². The molecule has 2 aromatic rings. The number of aryl methyl sites for hydroxylation is 2. The van der Waals surface area contributed by atoms with E-state index in [9.17, 15) is 9.59 Å². The minimum absolute atomic E-state index is 0.0532. The first-order valence-electron chi connectivity index (χ1n) is 7.59. The summed E-state index contributed by atoms with van der Waals surface area (Å²) < 4.78 is 5.76. The van der Waals surface area contributed by atoms with E-state index in [4.69, 9.17) is 4.42 Å². The van der Waals surface area contributed by atoms with Crippen molar-refractivity contribution in [2.45, 2.75) is 47.5 Å². The number of fused-ring (bicyclic) bond motifs is 1. The van der Waals surface area contributed by atoms with E-state index in [0.717, 1.165) is 10.6 Å². The Bertz CT molecular complexity index is 795. The second kappa shape index (κ2) is 5.30. The van der Waals surface area contributed by atoms with Gasteiger partial charge in [-0.25, -0.2) is 4.98 Å². The zero-order chi connectivity index (χ0) is 16.9. The predicted octanol–water partition coefficient (Wildman–Crippen LogP) is 4.07. The number of aromatic nitrogens is 1. The number of amides is 1. The number of Topliss-reactive ketones (excluding diaryl/α,β-unsaturated/α-hetero) is 1. The van der Waals surface area contributed by atoms with Gasteiger partial charge in [0.05, 0.1) is 11.3 Å². The van der Waals surface area contributed by atoms with Gasteiger partial charge < -0.3 is 4.42 Å². The Labute approximate surface area is 139 Å². The Balaban J connectivity index is 1.92.